The zero-order chi connectivity index (χ0) is 24.4. The van der Waals surface area contributed by atoms with Gasteiger partial charge in [-0.1, -0.05) is 22.9 Å². The van der Waals surface area contributed by atoms with Gasteiger partial charge in [0.05, 0.1) is 0 Å². The molecule has 0 bridgehead atoms. The van der Waals surface area contributed by atoms with Crippen LogP contribution < -0.4 is 10.2 Å². The smallest absolute Gasteiger partial charge is 0.219 e. The van der Waals surface area contributed by atoms with Gasteiger partial charge in [-0.2, -0.15) is 0 Å². The monoisotopic (exact) mass is 507 g/mol. The first-order chi connectivity index (χ1) is 16.9. The summed E-state index contributed by atoms with van der Waals surface area (Å²) in [6, 6.07) is 15.7. The lowest BCUT2D eigenvalue weighted by molar-refractivity contribution is -0.130. The van der Waals surface area contributed by atoms with Gasteiger partial charge in [0.15, 0.2) is 5.13 Å². The van der Waals surface area contributed by atoms with Crippen LogP contribution in [0.25, 0.3) is 10.3 Å². The summed E-state index contributed by atoms with van der Waals surface area (Å²) in [5, 5.41) is 4.79. The van der Waals surface area contributed by atoms with E-state index in [0.717, 1.165) is 65.5 Å². The third kappa shape index (κ3) is 5.53. The van der Waals surface area contributed by atoms with Gasteiger partial charge in [-0.25, -0.2) is 15.0 Å². The number of anilines is 4. The van der Waals surface area contributed by atoms with Crippen molar-refractivity contribution in [3.63, 3.8) is 0 Å². The molecule has 10 heteroatoms. The highest BCUT2D eigenvalue weighted by atomic mass is 35.5. The molecule has 5 rings (SSSR count). The van der Waals surface area contributed by atoms with Gasteiger partial charge >= 0.3 is 0 Å². The molecule has 1 aliphatic heterocycles. The minimum atomic E-state index is 0.147. The standard InChI is InChI=1S/C25H26ClN7OS/c1-17(34)33-13-11-32(12-14-33)16-18-9-10-27-22(15-18)29-25-28-21-7-8-23(30-24(21)35-25)31(2)20-5-3-19(26)4-6-20/h3-10,15H,11-14,16H2,1-2H3,(H,27,28,29). The topological polar surface area (TPSA) is 77.5 Å². The highest BCUT2D eigenvalue weighted by Crippen LogP contribution is 2.30. The lowest BCUT2D eigenvalue weighted by Gasteiger charge is -2.34. The van der Waals surface area contributed by atoms with Gasteiger partial charge in [0.25, 0.3) is 0 Å². The van der Waals surface area contributed by atoms with Crippen molar-refractivity contribution >= 4 is 61.6 Å². The van der Waals surface area contributed by atoms with Gasteiger partial charge in [-0.05, 0) is 54.1 Å². The average molecular weight is 508 g/mol. The third-order valence-electron chi connectivity index (χ3n) is 6.08. The molecule has 1 aliphatic rings. The van der Waals surface area contributed by atoms with E-state index in [0.29, 0.717) is 5.02 Å². The van der Waals surface area contributed by atoms with E-state index in [1.54, 1.807) is 6.92 Å². The van der Waals surface area contributed by atoms with E-state index >= 15 is 0 Å². The number of fused-ring (bicyclic) bond motifs is 1. The minimum Gasteiger partial charge on any atom is -0.340 e. The average Bonchev–Trinajstić information content (AvgIpc) is 3.26. The number of amides is 1. The molecule has 1 amide bonds. The van der Waals surface area contributed by atoms with E-state index in [1.165, 1.54) is 16.9 Å². The van der Waals surface area contributed by atoms with Crippen molar-refractivity contribution in [1.82, 2.24) is 24.8 Å². The Hall–Kier alpha value is -3.27. The quantitative estimate of drug-likeness (QED) is 0.397. The summed E-state index contributed by atoms with van der Waals surface area (Å²) in [7, 11) is 1.98. The molecule has 35 heavy (non-hydrogen) atoms. The Morgan fingerprint density at radius 1 is 1.09 bits per heavy atom. The van der Waals surface area contributed by atoms with Crippen molar-refractivity contribution in [3.05, 3.63) is 65.3 Å². The molecule has 0 aliphatic carbocycles. The second-order valence-corrected chi connectivity index (χ2v) is 9.92. The zero-order valence-electron chi connectivity index (χ0n) is 19.6. The lowest BCUT2D eigenvalue weighted by Crippen LogP contribution is -2.47. The highest BCUT2D eigenvalue weighted by Gasteiger charge is 2.18. The van der Waals surface area contributed by atoms with E-state index in [1.807, 2.05) is 65.5 Å². The Morgan fingerprint density at radius 2 is 1.86 bits per heavy atom. The number of nitrogens with one attached hydrogen (secondary N) is 1. The molecule has 0 saturated carbocycles. The van der Waals surface area contributed by atoms with Crippen LogP contribution in [0.3, 0.4) is 0 Å². The number of pyridine rings is 2. The molecular formula is C25H26ClN7OS. The molecule has 180 valence electrons. The summed E-state index contributed by atoms with van der Waals surface area (Å²) >= 11 is 7.51. The summed E-state index contributed by atoms with van der Waals surface area (Å²) in [4.78, 5) is 32.6. The van der Waals surface area contributed by atoms with E-state index in [4.69, 9.17) is 16.6 Å². The molecule has 4 heterocycles. The fourth-order valence-corrected chi connectivity index (χ4v) is 5.04. The molecule has 3 aromatic heterocycles. The molecule has 1 aromatic carbocycles. The van der Waals surface area contributed by atoms with Gasteiger partial charge in [-0.3, -0.25) is 9.69 Å². The van der Waals surface area contributed by atoms with Crippen LogP contribution in [0.15, 0.2) is 54.7 Å². The fourth-order valence-electron chi connectivity index (χ4n) is 4.07. The maximum absolute atomic E-state index is 11.5. The summed E-state index contributed by atoms with van der Waals surface area (Å²) in [6.45, 7) is 5.76. The number of halogens is 1. The number of thiazole rings is 1. The number of carbonyl (C=O) groups is 1. The Labute approximate surface area is 213 Å². The van der Waals surface area contributed by atoms with Crippen LogP contribution in [-0.2, 0) is 11.3 Å². The predicted octanol–water partition coefficient (Wildman–Crippen LogP) is 4.92. The van der Waals surface area contributed by atoms with Gasteiger partial charge < -0.3 is 15.1 Å². The number of rotatable bonds is 6. The molecule has 8 nitrogen and oxygen atoms in total. The normalized spacial score (nSPS) is 14.3. The van der Waals surface area contributed by atoms with Crippen LogP contribution in [-0.4, -0.2) is 63.9 Å². The van der Waals surface area contributed by atoms with Crippen molar-refractivity contribution in [2.75, 3.05) is 43.4 Å². The van der Waals surface area contributed by atoms with E-state index in [9.17, 15) is 4.79 Å². The number of hydrogen-bond donors (Lipinski definition) is 1. The van der Waals surface area contributed by atoms with Gasteiger partial charge in [-0.15, -0.1) is 0 Å². The summed E-state index contributed by atoms with van der Waals surface area (Å²) < 4.78 is 0. The Kier molecular flexibility index (Phi) is 6.81. The van der Waals surface area contributed by atoms with Crippen molar-refractivity contribution in [2.24, 2.45) is 0 Å². The van der Waals surface area contributed by atoms with Gasteiger partial charge in [0.2, 0.25) is 5.91 Å². The molecular weight excluding hydrogens is 482 g/mol. The molecule has 0 spiro atoms. The summed E-state index contributed by atoms with van der Waals surface area (Å²) in [5.74, 6) is 1.73. The predicted molar refractivity (Wildman–Crippen MR) is 142 cm³/mol. The largest absolute Gasteiger partial charge is 0.340 e. The molecule has 4 aromatic rings. The number of piperazine rings is 1. The first-order valence-corrected chi connectivity index (χ1v) is 12.6. The molecule has 1 N–H and O–H groups in total. The second-order valence-electron chi connectivity index (χ2n) is 8.50. The first kappa shape index (κ1) is 23.5. The van der Waals surface area contributed by atoms with Crippen LogP contribution in [0.1, 0.15) is 12.5 Å². The van der Waals surface area contributed by atoms with Crippen LogP contribution >= 0.6 is 22.9 Å². The van der Waals surface area contributed by atoms with Crippen LogP contribution in [0.2, 0.25) is 5.02 Å². The van der Waals surface area contributed by atoms with Crippen molar-refractivity contribution in [3.8, 4) is 0 Å². The van der Waals surface area contributed by atoms with Crippen LogP contribution in [0.4, 0.5) is 22.5 Å². The van der Waals surface area contributed by atoms with Gasteiger partial charge in [0.1, 0.15) is 22.0 Å². The van der Waals surface area contributed by atoms with Crippen LogP contribution in [0, 0.1) is 0 Å². The zero-order valence-corrected chi connectivity index (χ0v) is 21.2. The van der Waals surface area contributed by atoms with E-state index in [2.05, 4.69) is 26.3 Å². The van der Waals surface area contributed by atoms with E-state index < -0.39 is 0 Å². The molecule has 0 radical (unpaired) electrons. The Morgan fingerprint density at radius 3 is 2.60 bits per heavy atom. The number of carbonyl (C=O) groups excluding carboxylic acids is 1. The molecule has 0 atom stereocenters. The summed E-state index contributed by atoms with van der Waals surface area (Å²) in [6.07, 6.45) is 1.81. The number of hydrogen-bond acceptors (Lipinski definition) is 8. The fraction of sp³-hybridized carbons (Fsp3) is 0.280. The van der Waals surface area contributed by atoms with Gasteiger partial charge in [0, 0.05) is 63.6 Å². The second kappa shape index (κ2) is 10.2. The van der Waals surface area contributed by atoms with Crippen LogP contribution in [0.5, 0.6) is 0 Å². The maximum atomic E-state index is 11.5. The number of aromatic nitrogens is 3. The first-order valence-electron chi connectivity index (χ1n) is 11.4. The Balaban J connectivity index is 1.26. The molecule has 1 fully saturated rings. The minimum absolute atomic E-state index is 0.147. The van der Waals surface area contributed by atoms with Crippen molar-refractivity contribution in [1.29, 1.82) is 0 Å². The summed E-state index contributed by atoms with van der Waals surface area (Å²) in [5.41, 5.74) is 3.02. The number of nitrogens with zero attached hydrogens (tertiary/aromatic N) is 6. The van der Waals surface area contributed by atoms with E-state index in [-0.39, 0.29) is 5.91 Å². The van der Waals surface area contributed by atoms with Crippen molar-refractivity contribution in [2.45, 2.75) is 13.5 Å². The third-order valence-corrected chi connectivity index (χ3v) is 7.21. The molecule has 0 unspecified atom stereocenters. The maximum Gasteiger partial charge on any atom is 0.219 e. The highest BCUT2D eigenvalue weighted by molar-refractivity contribution is 7.21. The number of benzene rings is 1. The SMILES string of the molecule is CC(=O)N1CCN(Cc2ccnc(Nc3nc4ccc(N(C)c5ccc(Cl)cc5)nc4s3)c2)CC1. The van der Waals surface area contributed by atoms with Crippen molar-refractivity contribution < 1.29 is 4.79 Å². The Bertz CT molecular complexity index is 1340. The lowest BCUT2D eigenvalue weighted by atomic mass is 10.2. The molecule has 1 saturated heterocycles.